The number of esters is 1. The first-order valence-corrected chi connectivity index (χ1v) is 6.25. The van der Waals surface area contributed by atoms with Crippen LogP contribution in [-0.4, -0.2) is 36.3 Å². The summed E-state index contributed by atoms with van der Waals surface area (Å²) in [4.78, 5) is 11.5. The van der Waals surface area contributed by atoms with Crippen molar-refractivity contribution in [3.8, 4) is 0 Å². The van der Waals surface area contributed by atoms with Gasteiger partial charge in [-0.1, -0.05) is 0 Å². The number of ether oxygens (including phenoxy) is 2. The Morgan fingerprint density at radius 2 is 2.00 bits per heavy atom. The third kappa shape index (κ3) is 8.75. The van der Waals surface area contributed by atoms with E-state index in [4.69, 9.17) is 9.47 Å². The molecule has 0 heterocycles. The highest BCUT2D eigenvalue weighted by atomic mass is 32.2. The van der Waals surface area contributed by atoms with Gasteiger partial charge in [0.15, 0.2) is 0 Å². The fourth-order valence-electron chi connectivity index (χ4n) is 0.916. The summed E-state index contributed by atoms with van der Waals surface area (Å²) in [6.07, 6.45) is 0.967. The van der Waals surface area contributed by atoms with Gasteiger partial charge < -0.3 is 9.47 Å². The molecule has 3 nitrogen and oxygen atoms in total. The Labute approximate surface area is 96.9 Å². The Morgan fingerprint density at radius 3 is 2.47 bits per heavy atom. The zero-order valence-corrected chi connectivity index (χ0v) is 11.1. The summed E-state index contributed by atoms with van der Waals surface area (Å²) in [6, 6.07) is 0. The number of rotatable bonds is 6. The van der Waals surface area contributed by atoms with Crippen LogP contribution in [0.25, 0.3) is 0 Å². The van der Waals surface area contributed by atoms with E-state index in [1.165, 1.54) is 0 Å². The molecule has 0 rings (SSSR count). The normalized spacial score (nSPS) is 13.7. The molecule has 0 spiro atoms. The summed E-state index contributed by atoms with van der Waals surface area (Å²) >= 11 is 1.61. The number of thioether (sulfide) groups is 1. The Hall–Kier alpha value is -0.220. The fraction of sp³-hybridized carbons (Fsp3) is 0.909. The minimum absolute atomic E-state index is 0.0962. The maximum absolute atomic E-state index is 11.5. The summed E-state index contributed by atoms with van der Waals surface area (Å²) in [7, 11) is 1.68. The molecule has 4 heteroatoms. The summed E-state index contributed by atoms with van der Waals surface area (Å²) in [6.45, 7) is 8.27. The van der Waals surface area contributed by atoms with Gasteiger partial charge in [-0.15, -0.1) is 11.8 Å². The van der Waals surface area contributed by atoms with Crippen molar-refractivity contribution in [3.63, 3.8) is 0 Å². The maximum atomic E-state index is 11.5. The highest BCUT2D eigenvalue weighted by Gasteiger charge is 2.21. The minimum Gasteiger partial charge on any atom is -0.459 e. The molecule has 0 aliphatic rings. The summed E-state index contributed by atoms with van der Waals surface area (Å²) < 4.78 is 10.2. The monoisotopic (exact) mass is 234 g/mol. The van der Waals surface area contributed by atoms with Crippen LogP contribution in [0.3, 0.4) is 0 Å². The van der Waals surface area contributed by atoms with Gasteiger partial charge in [-0.2, -0.15) is 0 Å². The van der Waals surface area contributed by atoms with E-state index < -0.39 is 5.60 Å². The molecule has 0 radical (unpaired) electrons. The minimum atomic E-state index is -0.390. The molecule has 0 saturated heterocycles. The first-order chi connectivity index (χ1) is 6.87. The van der Waals surface area contributed by atoms with Gasteiger partial charge in [0.25, 0.3) is 0 Å². The lowest BCUT2D eigenvalue weighted by Gasteiger charge is -2.22. The number of carbonyl (C=O) groups is 1. The predicted molar refractivity (Wildman–Crippen MR) is 64.3 cm³/mol. The lowest BCUT2D eigenvalue weighted by atomic mass is 10.2. The average molecular weight is 234 g/mol. The molecular weight excluding hydrogens is 212 g/mol. The number of carbonyl (C=O) groups excluding carboxylic acids is 1. The summed E-state index contributed by atoms with van der Waals surface area (Å²) in [5.41, 5.74) is -0.390. The van der Waals surface area contributed by atoms with Crippen molar-refractivity contribution in [1.29, 1.82) is 0 Å². The van der Waals surface area contributed by atoms with Gasteiger partial charge in [-0.25, -0.2) is 0 Å². The van der Waals surface area contributed by atoms with E-state index in [1.807, 2.05) is 27.7 Å². The number of methoxy groups -OCH3 is 1. The molecule has 0 aromatic heterocycles. The third-order valence-electron chi connectivity index (χ3n) is 1.60. The molecule has 0 aromatic carbocycles. The smallest absolute Gasteiger partial charge is 0.319 e. The number of hydrogen-bond acceptors (Lipinski definition) is 4. The second-order valence-corrected chi connectivity index (χ2v) is 5.84. The molecular formula is C11H22O3S. The van der Waals surface area contributed by atoms with Gasteiger partial charge in [0, 0.05) is 13.7 Å². The van der Waals surface area contributed by atoms with Gasteiger partial charge in [0.05, 0.1) is 5.25 Å². The molecule has 0 saturated carbocycles. The van der Waals surface area contributed by atoms with E-state index in [0.29, 0.717) is 0 Å². The van der Waals surface area contributed by atoms with E-state index in [2.05, 4.69) is 0 Å². The van der Waals surface area contributed by atoms with Crippen molar-refractivity contribution < 1.29 is 14.3 Å². The van der Waals surface area contributed by atoms with Crippen LogP contribution in [0.1, 0.15) is 34.1 Å². The lowest BCUT2D eigenvalue weighted by Crippen LogP contribution is -2.29. The van der Waals surface area contributed by atoms with Crippen LogP contribution in [0.15, 0.2) is 0 Å². The topological polar surface area (TPSA) is 35.5 Å². The van der Waals surface area contributed by atoms with Gasteiger partial charge in [0.1, 0.15) is 5.60 Å². The van der Waals surface area contributed by atoms with Crippen molar-refractivity contribution in [2.75, 3.05) is 19.5 Å². The highest BCUT2D eigenvalue weighted by Crippen LogP contribution is 2.17. The molecule has 90 valence electrons. The Bertz CT molecular complexity index is 187. The van der Waals surface area contributed by atoms with Crippen molar-refractivity contribution in [2.24, 2.45) is 0 Å². The second-order valence-electron chi connectivity index (χ2n) is 4.39. The van der Waals surface area contributed by atoms with Crippen LogP contribution in [0, 0.1) is 0 Å². The van der Waals surface area contributed by atoms with Gasteiger partial charge >= 0.3 is 5.97 Å². The standard InChI is InChI=1S/C11H22O3S/c1-9(15-8-6-7-13-5)10(12)14-11(2,3)4/h9H,6-8H2,1-5H3. The van der Waals surface area contributed by atoms with Crippen LogP contribution in [-0.2, 0) is 14.3 Å². The van der Waals surface area contributed by atoms with Crippen molar-refractivity contribution >= 4 is 17.7 Å². The molecule has 0 aliphatic heterocycles. The fourth-order valence-corrected chi connectivity index (χ4v) is 1.74. The van der Waals surface area contributed by atoms with E-state index in [9.17, 15) is 4.79 Å². The van der Waals surface area contributed by atoms with Gasteiger partial charge in [-0.05, 0) is 39.9 Å². The van der Waals surface area contributed by atoms with E-state index in [-0.39, 0.29) is 11.2 Å². The largest absolute Gasteiger partial charge is 0.459 e. The van der Waals surface area contributed by atoms with Crippen molar-refractivity contribution in [3.05, 3.63) is 0 Å². The van der Waals surface area contributed by atoms with Crippen LogP contribution < -0.4 is 0 Å². The highest BCUT2D eigenvalue weighted by molar-refractivity contribution is 8.00. The first kappa shape index (κ1) is 14.8. The molecule has 0 bridgehead atoms. The average Bonchev–Trinajstić information content (AvgIpc) is 2.09. The molecule has 0 amide bonds. The van der Waals surface area contributed by atoms with E-state index in [0.717, 1.165) is 18.8 Å². The van der Waals surface area contributed by atoms with Crippen LogP contribution >= 0.6 is 11.8 Å². The van der Waals surface area contributed by atoms with Gasteiger partial charge in [-0.3, -0.25) is 4.79 Å². The molecule has 1 unspecified atom stereocenters. The van der Waals surface area contributed by atoms with Crippen LogP contribution in [0.4, 0.5) is 0 Å². The molecule has 1 atom stereocenters. The van der Waals surface area contributed by atoms with Crippen LogP contribution in [0.5, 0.6) is 0 Å². The Morgan fingerprint density at radius 1 is 1.40 bits per heavy atom. The van der Waals surface area contributed by atoms with Crippen molar-refractivity contribution in [2.45, 2.75) is 45.0 Å². The first-order valence-electron chi connectivity index (χ1n) is 5.20. The predicted octanol–water partition coefficient (Wildman–Crippen LogP) is 2.49. The van der Waals surface area contributed by atoms with Gasteiger partial charge in [0.2, 0.25) is 0 Å². The van der Waals surface area contributed by atoms with E-state index >= 15 is 0 Å². The molecule has 0 fully saturated rings. The van der Waals surface area contributed by atoms with Crippen LogP contribution in [0.2, 0.25) is 0 Å². The van der Waals surface area contributed by atoms with E-state index in [1.54, 1.807) is 18.9 Å². The zero-order valence-electron chi connectivity index (χ0n) is 10.3. The quantitative estimate of drug-likeness (QED) is 0.522. The Balaban J connectivity index is 3.70. The summed E-state index contributed by atoms with van der Waals surface area (Å²) in [5.74, 6) is 0.791. The molecule has 15 heavy (non-hydrogen) atoms. The number of hydrogen-bond donors (Lipinski definition) is 0. The second kappa shape index (κ2) is 7.12. The third-order valence-corrected chi connectivity index (χ3v) is 2.82. The Kier molecular flexibility index (Phi) is 7.02. The zero-order chi connectivity index (χ0) is 11.9. The SMILES string of the molecule is COCCCSC(C)C(=O)OC(C)(C)C. The van der Waals surface area contributed by atoms with Crippen molar-refractivity contribution in [1.82, 2.24) is 0 Å². The maximum Gasteiger partial charge on any atom is 0.319 e. The molecule has 0 aliphatic carbocycles. The molecule has 0 N–H and O–H groups in total. The molecule has 0 aromatic rings. The lowest BCUT2D eigenvalue weighted by molar-refractivity contribution is -0.153. The summed E-state index contributed by atoms with van der Waals surface area (Å²) in [5, 5.41) is -0.0962.